The Labute approximate surface area is 187 Å². The highest BCUT2D eigenvalue weighted by molar-refractivity contribution is 6.31. The number of ether oxygens (including phenoxy) is 2. The normalized spacial score (nSPS) is 23.1. The molecule has 4 rings (SSSR count). The van der Waals surface area contributed by atoms with Crippen molar-refractivity contribution in [3.05, 3.63) is 52.8 Å². The minimum Gasteiger partial charge on any atom is -0.455 e. The number of hydrogen-bond acceptors (Lipinski definition) is 5. The van der Waals surface area contributed by atoms with E-state index in [-0.39, 0.29) is 17.8 Å². The quantitative estimate of drug-likeness (QED) is 0.652. The number of carbonyl (C=O) groups is 2. The van der Waals surface area contributed by atoms with Crippen molar-refractivity contribution in [1.29, 1.82) is 0 Å². The van der Waals surface area contributed by atoms with Gasteiger partial charge in [-0.3, -0.25) is 0 Å². The van der Waals surface area contributed by atoms with E-state index in [2.05, 4.69) is 5.10 Å². The van der Waals surface area contributed by atoms with Gasteiger partial charge >= 0.3 is 12.0 Å². The summed E-state index contributed by atoms with van der Waals surface area (Å²) in [6.07, 6.45) is 3.57. The first-order valence-corrected chi connectivity index (χ1v) is 11.0. The van der Waals surface area contributed by atoms with E-state index < -0.39 is 11.6 Å². The van der Waals surface area contributed by atoms with Crippen molar-refractivity contribution < 1.29 is 19.1 Å². The molecule has 1 aliphatic carbocycles. The average Bonchev–Trinajstić information content (AvgIpc) is 3.40. The van der Waals surface area contributed by atoms with E-state index in [1.54, 1.807) is 20.8 Å². The van der Waals surface area contributed by atoms with Crippen LogP contribution in [0.15, 0.2) is 36.5 Å². The molecule has 2 atom stereocenters. The number of esters is 1. The fourth-order valence-electron chi connectivity index (χ4n) is 4.37. The van der Waals surface area contributed by atoms with Crippen molar-refractivity contribution in [2.75, 3.05) is 13.1 Å². The Kier molecular flexibility index (Phi) is 6.08. The molecule has 0 spiro atoms. The first-order chi connectivity index (χ1) is 14.7. The molecule has 2 unspecified atom stereocenters. The Morgan fingerprint density at radius 3 is 2.45 bits per heavy atom. The fraction of sp³-hybridized carbons (Fsp3) is 0.522. The van der Waals surface area contributed by atoms with Crippen molar-refractivity contribution in [2.24, 2.45) is 11.8 Å². The predicted octanol–water partition coefficient (Wildman–Crippen LogP) is 4.39. The first-order valence-electron chi connectivity index (χ1n) is 10.6. The second kappa shape index (κ2) is 8.63. The van der Waals surface area contributed by atoms with Gasteiger partial charge in [-0.25, -0.2) is 9.59 Å². The van der Waals surface area contributed by atoms with E-state index in [1.807, 2.05) is 29.2 Å². The van der Waals surface area contributed by atoms with Crippen LogP contribution in [0.2, 0.25) is 5.02 Å². The largest absolute Gasteiger partial charge is 0.455 e. The van der Waals surface area contributed by atoms with Gasteiger partial charge in [-0.05, 0) is 63.1 Å². The third-order valence-corrected chi connectivity index (χ3v) is 6.17. The lowest BCUT2D eigenvalue weighted by molar-refractivity contribution is 0.00622. The molecule has 2 aliphatic rings. The Hall–Kier alpha value is -2.38. The second-order valence-electron chi connectivity index (χ2n) is 9.35. The zero-order valence-electron chi connectivity index (χ0n) is 18.1. The molecular formula is C23H28ClN3O4. The molecule has 1 aliphatic heterocycles. The van der Waals surface area contributed by atoms with E-state index in [1.165, 1.54) is 16.9 Å². The maximum atomic E-state index is 12.9. The van der Waals surface area contributed by atoms with Crippen LogP contribution in [0.5, 0.6) is 0 Å². The van der Waals surface area contributed by atoms with Crippen LogP contribution in [0.1, 0.15) is 49.7 Å². The van der Waals surface area contributed by atoms with Crippen molar-refractivity contribution >= 4 is 23.6 Å². The highest BCUT2D eigenvalue weighted by Crippen LogP contribution is 2.40. The molecule has 8 heteroatoms. The van der Waals surface area contributed by atoms with Gasteiger partial charge in [-0.2, -0.15) is 9.78 Å². The SMILES string of the molecule is CC(C)(C)OC(=O)c1ccn(C(=O)N2CC3CC(OCc4ccccc4Cl)CC3C2)n1. The summed E-state index contributed by atoms with van der Waals surface area (Å²) in [6.45, 7) is 7.24. The number of fused-ring (bicyclic) bond motifs is 1. The molecule has 1 saturated heterocycles. The molecule has 1 saturated carbocycles. The maximum absolute atomic E-state index is 12.9. The van der Waals surface area contributed by atoms with E-state index in [0.29, 0.717) is 31.5 Å². The Morgan fingerprint density at radius 2 is 1.81 bits per heavy atom. The highest BCUT2D eigenvalue weighted by atomic mass is 35.5. The number of aromatic nitrogens is 2. The summed E-state index contributed by atoms with van der Waals surface area (Å²) >= 11 is 6.21. The number of amides is 1. The zero-order valence-corrected chi connectivity index (χ0v) is 18.8. The van der Waals surface area contributed by atoms with Gasteiger partial charge < -0.3 is 14.4 Å². The first kappa shape index (κ1) is 21.8. The number of likely N-dealkylation sites (tertiary alicyclic amines) is 1. The van der Waals surface area contributed by atoms with Gasteiger partial charge in [0.1, 0.15) is 5.60 Å². The summed E-state index contributed by atoms with van der Waals surface area (Å²) in [4.78, 5) is 26.8. The van der Waals surface area contributed by atoms with Crippen LogP contribution in [-0.4, -0.2) is 51.5 Å². The van der Waals surface area contributed by atoms with Crippen LogP contribution in [0.3, 0.4) is 0 Å². The van der Waals surface area contributed by atoms with Crippen molar-refractivity contribution in [2.45, 2.75) is 51.9 Å². The number of benzene rings is 1. The molecule has 2 heterocycles. The van der Waals surface area contributed by atoms with Gasteiger partial charge in [0.15, 0.2) is 5.69 Å². The predicted molar refractivity (Wildman–Crippen MR) is 116 cm³/mol. The van der Waals surface area contributed by atoms with Gasteiger partial charge in [-0.1, -0.05) is 29.8 Å². The van der Waals surface area contributed by atoms with Gasteiger partial charge in [0.05, 0.1) is 12.7 Å². The van der Waals surface area contributed by atoms with Gasteiger partial charge in [0.2, 0.25) is 0 Å². The third-order valence-electron chi connectivity index (χ3n) is 5.80. The number of carbonyl (C=O) groups excluding carboxylic acids is 2. The molecule has 166 valence electrons. The van der Waals surface area contributed by atoms with Crippen molar-refractivity contribution in [3.63, 3.8) is 0 Å². The summed E-state index contributed by atoms with van der Waals surface area (Å²) in [5, 5.41) is 4.86. The van der Waals surface area contributed by atoms with Crippen LogP contribution < -0.4 is 0 Å². The fourth-order valence-corrected chi connectivity index (χ4v) is 4.56. The minimum absolute atomic E-state index is 0.135. The average molecular weight is 446 g/mol. The minimum atomic E-state index is -0.609. The number of rotatable bonds is 4. The standard InChI is InChI=1S/C23H28ClN3O4/c1-23(2,3)31-21(28)20-8-9-27(25-20)22(29)26-12-16-10-18(11-17(16)13-26)30-14-15-6-4-5-7-19(15)24/h4-9,16-18H,10-14H2,1-3H3. The summed E-state index contributed by atoms with van der Waals surface area (Å²) < 4.78 is 12.6. The monoisotopic (exact) mass is 445 g/mol. The van der Waals surface area contributed by atoms with E-state index in [0.717, 1.165) is 23.4 Å². The molecule has 2 aromatic rings. The van der Waals surface area contributed by atoms with Crippen molar-refractivity contribution in [3.8, 4) is 0 Å². The Bertz CT molecular complexity index is 954. The Balaban J connectivity index is 1.29. The van der Waals surface area contributed by atoms with Gasteiger partial charge in [-0.15, -0.1) is 0 Å². The number of nitrogens with zero attached hydrogens (tertiary/aromatic N) is 3. The molecular weight excluding hydrogens is 418 g/mol. The summed E-state index contributed by atoms with van der Waals surface area (Å²) in [7, 11) is 0. The molecule has 0 radical (unpaired) electrons. The van der Waals surface area contributed by atoms with E-state index in [4.69, 9.17) is 21.1 Å². The van der Waals surface area contributed by atoms with Crippen LogP contribution in [0.25, 0.3) is 0 Å². The summed E-state index contributed by atoms with van der Waals surface area (Å²) in [6, 6.07) is 9.03. The summed E-state index contributed by atoms with van der Waals surface area (Å²) in [5.74, 6) is 0.304. The third kappa shape index (κ3) is 5.10. The van der Waals surface area contributed by atoms with E-state index >= 15 is 0 Å². The van der Waals surface area contributed by atoms with Crippen LogP contribution >= 0.6 is 11.6 Å². The van der Waals surface area contributed by atoms with Crippen LogP contribution in [-0.2, 0) is 16.1 Å². The molecule has 0 bridgehead atoms. The van der Waals surface area contributed by atoms with E-state index in [9.17, 15) is 9.59 Å². The molecule has 1 aromatic heterocycles. The lowest BCUT2D eigenvalue weighted by Crippen LogP contribution is -2.34. The molecule has 0 N–H and O–H groups in total. The summed E-state index contributed by atoms with van der Waals surface area (Å²) in [5.41, 5.74) is 0.523. The highest BCUT2D eigenvalue weighted by Gasteiger charge is 2.43. The molecule has 1 amide bonds. The number of halogens is 1. The van der Waals surface area contributed by atoms with Gasteiger partial charge in [0, 0.05) is 24.3 Å². The lowest BCUT2D eigenvalue weighted by Gasteiger charge is -2.20. The van der Waals surface area contributed by atoms with Crippen LogP contribution in [0.4, 0.5) is 4.79 Å². The molecule has 1 aromatic carbocycles. The topological polar surface area (TPSA) is 73.7 Å². The molecule has 31 heavy (non-hydrogen) atoms. The molecule has 2 fully saturated rings. The van der Waals surface area contributed by atoms with Crippen molar-refractivity contribution in [1.82, 2.24) is 14.7 Å². The maximum Gasteiger partial charge on any atom is 0.359 e. The lowest BCUT2D eigenvalue weighted by atomic mass is 10.0. The van der Waals surface area contributed by atoms with Crippen LogP contribution in [0, 0.1) is 11.8 Å². The smallest absolute Gasteiger partial charge is 0.359 e. The molecule has 7 nitrogen and oxygen atoms in total. The zero-order chi connectivity index (χ0) is 22.2. The van der Waals surface area contributed by atoms with Gasteiger partial charge in [0.25, 0.3) is 0 Å². The Morgan fingerprint density at radius 1 is 1.13 bits per heavy atom. The second-order valence-corrected chi connectivity index (χ2v) is 9.76. The number of hydrogen-bond donors (Lipinski definition) is 0.